The third-order valence-electron chi connectivity index (χ3n) is 1.35. The number of halogens is 2. The largest absolute Gasteiger partial charge is 0.368 e. The van der Waals surface area contributed by atoms with Crippen LogP contribution in [0.25, 0.3) is 0 Å². The van der Waals surface area contributed by atoms with Gasteiger partial charge < -0.3 is 16.9 Å². The molecule has 5 N–H and O–H groups in total. The fraction of sp³-hybridized carbons (Fsp3) is 0. The van der Waals surface area contributed by atoms with Gasteiger partial charge in [0.2, 0.25) is 5.96 Å². The standard InChI is InChI=1S/C7H8Cl2N4/c8-4-2-1-3-5(9)6(4)12-7(10)13-11/h1-3H,11H2,(H3,10,12,13). The van der Waals surface area contributed by atoms with E-state index in [1.807, 2.05) is 0 Å². The molecule has 0 saturated carbocycles. The van der Waals surface area contributed by atoms with Crippen LogP contribution in [0.3, 0.4) is 0 Å². The monoisotopic (exact) mass is 218 g/mol. The molecule has 0 atom stereocenters. The molecule has 0 aliphatic heterocycles. The van der Waals surface area contributed by atoms with Crippen LogP contribution in [0.15, 0.2) is 23.3 Å². The number of nitrogens with one attached hydrogen (secondary N) is 1. The second kappa shape index (κ2) is 4.20. The molecule has 13 heavy (non-hydrogen) atoms. The Hall–Kier alpha value is -1.13. The van der Waals surface area contributed by atoms with E-state index >= 15 is 0 Å². The molecule has 70 valence electrons. The van der Waals surface area contributed by atoms with E-state index in [1.165, 1.54) is 0 Å². The van der Waals surface area contributed by atoms with Gasteiger partial charge in [0.1, 0.15) is 0 Å². The highest BCUT2D eigenvalue weighted by Crippen LogP contribution is 2.29. The minimum absolute atomic E-state index is 0.0509. The summed E-state index contributed by atoms with van der Waals surface area (Å²) in [5.41, 5.74) is 5.84. The molecule has 0 amide bonds. The van der Waals surface area contributed by atoms with Gasteiger partial charge in [-0.1, -0.05) is 29.3 Å². The van der Waals surface area contributed by atoms with Crippen LogP contribution in [0.2, 0.25) is 10.0 Å². The van der Waals surface area contributed by atoms with Crippen molar-refractivity contribution in [3.8, 4) is 0 Å². The van der Waals surface area contributed by atoms with Crippen molar-refractivity contribution in [2.75, 3.05) is 5.32 Å². The van der Waals surface area contributed by atoms with Gasteiger partial charge in [-0.05, 0) is 12.1 Å². The molecule has 1 aromatic carbocycles. The number of hydrazone groups is 1. The second-order valence-electron chi connectivity index (χ2n) is 2.24. The average molecular weight is 219 g/mol. The maximum Gasteiger partial charge on any atom is 0.215 e. The lowest BCUT2D eigenvalue weighted by Gasteiger charge is -2.07. The Kier molecular flexibility index (Phi) is 3.22. The number of para-hydroxylation sites is 1. The molecule has 6 heteroatoms. The van der Waals surface area contributed by atoms with E-state index in [1.54, 1.807) is 18.2 Å². The zero-order valence-corrected chi connectivity index (χ0v) is 8.10. The first-order valence-electron chi connectivity index (χ1n) is 3.39. The lowest BCUT2D eigenvalue weighted by Crippen LogP contribution is -2.24. The van der Waals surface area contributed by atoms with Gasteiger partial charge in [0.25, 0.3) is 0 Å². The fourth-order valence-corrected chi connectivity index (χ4v) is 1.27. The Bertz CT molecular complexity index is 317. The highest BCUT2D eigenvalue weighted by atomic mass is 35.5. The summed E-state index contributed by atoms with van der Waals surface area (Å²) in [7, 11) is 0. The Morgan fingerprint density at radius 3 is 2.31 bits per heavy atom. The quantitative estimate of drug-likeness (QED) is 0.290. The summed E-state index contributed by atoms with van der Waals surface area (Å²) < 4.78 is 0. The van der Waals surface area contributed by atoms with E-state index in [9.17, 15) is 0 Å². The van der Waals surface area contributed by atoms with E-state index in [0.29, 0.717) is 15.7 Å². The highest BCUT2D eigenvalue weighted by molar-refractivity contribution is 6.39. The molecular weight excluding hydrogens is 211 g/mol. The van der Waals surface area contributed by atoms with Crippen molar-refractivity contribution >= 4 is 34.8 Å². The van der Waals surface area contributed by atoms with Crippen LogP contribution in [0.1, 0.15) is 0 Å². The van der Waals surface area contributed by atoms with Gasteiger partial charge in [0, 0.05) is 0 Å². The third kappa shape index (κ3) is 2.40. The number of nitrogens with two attached hydrogens (primary N) is 2. The van der Waals surface area contributed by atoms with Crippen molar-refractivity contribution in [3.05, 3.63) is 28.2 Å². The minimum Gasteiger partial charge on any atom is -0.368 e. The summed E-state index contributed by atoms with van der Waals surface area (Å²) in [6.07, 6.45) is 0. The molecule has 0 aromatic heterocycles. The van der Waals surface area contributed by atoms with E-state index in [-0.39, 0.29) is 5.96 Å². The van der Waals surface area contributed by atoms with Crippen molar-refractivity contribution in [2.24, 2.45) is 16.7 Å². The number of hydrogen-bond donors (Lipinski definition) is 3. The molecule has 1 aromatic rings. The fourth-order valence-electron chi connectivity index (χ4n) is 0.778. The van der Waals surface area contributed by atoms with Crippen molar-refractivity contribution in [3.63, 3.8) is 0 Å². The normalized spacial score (nSPS) is 11.4. The maximum atomic E-state index is 5.83. The summed E-state index contributed by atoms with van der Waals surface area (Å²) in [4.78, 5) is 0. The molecule has 0 unspecified atom stereocenters. The van der Waals surface area contributed by atoms with Crippen molar-refractivity contribution in [1.29, 1.82) is 0 Å². The van der Waals surface area contributed by atoms with Crippen molar-refractivity contribution < 1.29 is 0 Å². The lowest BCUT2D eigenvalue weighted by atomic mass is 10.3. The number of nitrogens with zero attached hydrogens (tertiary/aromatic N) is 1. The van der Waals surface area contributed by atoms with Crippen LogP contribution < -0.4 is 16.9 Å². The Labute approximate surface area is 85.5 Å². The predicted octanol–water partition coefficient (Wildman–Crippen LogP) is 1.59. The van der Waals surface area contributed by atoms with E-state index in [0.717, 1.165) is 0 Å². The highest BCUT2D eigenvalue weighted by Gasteiger charge is 2.05. The third-order valence-corrected chi connectivity index (χ3v) is 1.98. The first kappa shape index (κ1) is 9.95. The van der Waals surface area contributed by atoms with Crippen LogP contribution in [0, 0.1) is 0 Å². The molecule has 0 aliphatic rings. The predicted molar refractivity (Wildman–Crippen MR) is 55.9 cm³/mol. The van der Waals surface area contributed by atoms with Gasteiger partial charge >= 0.3 is 0 Å². The first-order valence-corrected chi connectivity index (χ1v) is 4.15. The summed E-state index contributed by atoms with van der Waals surface area (Å²) in [5, 5.41) is 6.81. The molecule has 0 heterocycles. The number of rotatable bonds is 1. The first-order chi connectivity index (χ1) is 6.15. The second-order valence-corrected chi connectivity index (χ2v) is 3.05. The van der Waals surface area contributed by atoms with Crippen molar-refractivity contribution in [1.82, 2.24) is 0 Å². The van der Waals surface area contributed by atoms with E-state index in [4.69, 9.17) is 34.8 Å². The summed E-state index contributed by atoms with van der Waals surface area (Å²) >= 11 is 11.7. The molecule has 0 radical (unpaired) electrons. The van der Waals surface area contributed by atoms with Gasteiger partial charge in [0.15, 0.2) is 0 Å². The summed E-state index contributed by atoms with van der Waals surface area (Å²) in [5.74, 6) is 4.99. The zero-order valence-electron chi connectivity index (χ0n) is 6.59. The lowest BCUT2D eigenvalue weighted by molar-refractivity contribution is 1.22. The molecule has 0 bridgehead atoms. The van der Waals surface area contributed by atoms with Crippen LogP contribution >= 0.6 is 23.2 Å². The SMILES string of the molecule is N/N=C(\N)Nc1c(Cl)cccc1Cl. The molecule has 1 rings (SSSR count). The molecule has 0 saturated heterocycles. The van der Waals surface area contributed by atoms with Gasteiger partial charge in [0.05, 0.1) is 15.7 Å². The van der Waals surface area contributed by atoms with Crippen LogP contribution in [-0.4, -0.2) is 5.96 Å². The number of benzene rings is 1. The van der Waals surface area contributed by atoms with E-state index < -0.39 is 0 Å². The van der Waals surface area contributed by atoms with Crippen LogP contribution in [-0.2, 0) is 0 Å². The van der Waals surface area contributed by atoms with Crippen LogP contribution in [0.5, 0.6) is 0 Å². The minimum atomic E-state index is 0.0509. The maximum absolute atomic E-state index is 5.83. The van der Waals surface area contributed by atoms with Gasteiger partial charge in [-0.2, -0.15) is 0 Å². The molecule has 0 spiro atoms. The van der Waals surface area contributed by atoms with Crippen molar-refractivity contribution in [2.45, 2.75) is 0 Å². The Morgan fingerprint density at radius 1 is 1.31 bits per heavy atom. The Morgan fingerprint density at radius 2 is 1.85 bits per heavy atom. The van der Waals surface area contributed by atoms with Gasteiger partial charge in [-0.25, -0.2) is 0 Å². The molecular formula is C7H8Cl2N4. The van der Waals surface area contributed by atoms with Gasteiger partial charge in [-0.3, -0.25) is 0 Å². The summed E-state index contributed by atoms with van der Waals surface area (Å²) in [6.45, 7) is 0. The molecule has 0 fully saturated rings. The van der Waals surface area contributed by atoms with Crippen LogP contribution in [0.4, 0.5) is 5.69 Å². The van der Waals surface area contributed by atoms with E-state index in [2.05, 4.69) is 10.4 Å². The average Bonchev–Trinajstić information content (AvgIpc) is 2.11. The smallest absolute Gasteiger partial charge is 0.215 e. The Balaban J connectivity index is 3.00. The number of hydrogen-bond acceptors (Lipinski definition) is 2. The topological polar surface area (TPSA) is 76.4 Å². The molecule has 0 aliphatic carbocycles. The number of guanidine groups is 1. The zero-order chi connectivity index (χ0) is 9.84. The number of anilines is 1. The molecule has 4 nitrogen and oxygen atoms in total. The summed E-state index contributed by atoms with van der Waals surface area (Å²) in [6, 6.07) is 5.09. The van der Waals surface area contributed by atoms with Gasteiger partial charge in [-0.15, -0.1) is 5.10 Å².